The predicted octanol–water partition coefficient (Wildman–Crippen LogP) is 2.10. The molecule has 0 spiro atoms. The Morgan fingerprint density at radius 2 is 2.00 bits per heavy atom. The fourth-order valence-corrected chi connectivity index (χ4v) is 3.48. The van der Waals surface area contributed by atoms with Crippen LogP contribution in [0, 0.1) is 18.8 Å². The highest BCUT2D eigenvalue weighted by atomic mass is 15.4. The lowest BCUT2D eigenvalue weighted by Crippen LogP contribution is -2.47. The number of aryl methyl sites for hydroxylation is 2. The summed E-state index contributed by atoms with van der Waals surface area (Å²) >= 11 is 0. The van der Waals surface area contributed by atoms with Crippen molar-refractivity contribution < 1.29 is 0 Å². The van der Waals surface area contributed by atoms with Gasteiger partial charge in [0.1, 0.15) is 5.82 Å². The summed E-state index contributed by atoms with van der Waals surface area (Å²) < 4.78 is 2.04. The number of nitrogens with zero attached hydrogens (tertiary/aromatic N) is 3. The second-order valence-corrected chi connectivity index (χ2v) is 6.26. The van der Waals surface area contributed by atoms with Gasteiger partial charge in [0.15, 0.2) is 0 Å². The average molecular weight is 264 g/mol. The van der Waals surface area contributed by atoms with Gasteiger partial charge in [0.25, 0.3) is 0 Å². The molecule has 1 aromatic rings. The molecule has 4 heteroatoms. The van der Waals surface area contributed by atoms with Gasteiger partial charge in [-0.05, 0) is 45.1 Å². The van der Waals surface area contributed by atoms with E-state index in [9.17, 15) is 0 Å². The standard InChI is InChI=1S/C15H28N4/c1-10-8-11(2)13(4)19(9-10)15-14(6-7-16)12(3)17-18(15)5/h10-11,13H,6-9,16H2,1-5H3. The van der Waals surface area contributed by atoms with E-state index < -0.39 is 0 Å². The number of rotatable bonds is 3. The molecule has 4 nitrogen and oxygen atoms in total. The van der Waals surface area contributed by atoms with E-state index in [2.05, 4.69) is 44.7 Å². The van der Waals surface area contributed by atoms with Crippen LogP contribution in [0.5, 0.6) is 0 Å². The molecule has 2 heterocycles. The molecular formula is C15H28N4. The third-order valence-electron chi connectivity index (χ3n) is 4.58. The van der Waals surface area contributed by atoms with Crippen LogP contribution in [0.2, 0.25) is 0 Å². The van der Waals surface area contributed by atoms with Gasteiger partial charge in [-0.3, -0.25) is 4.68 Å². The van der Waals surface area contributed by atoms with E-state index in [0.29, 0.717) is 12.6 Å². The number of hydrogen-bond acceptors (Lipinski definition) is 3. The fraction of sp³-hybridized carbons (Fsp3) is 0.800. The van der Waals surface area contributed by atoms with Gasteiger partial charge in [-0.15, -0.1) is 0 Å². The largest absolute Gasteiger partial charge is 0.353 e. The summed E-state index contributed by atoms with van der Waals surface area (Å²) in [6.07, 6.45) is 2.24. The molecule has 0 amide bonds. The number of aromatic nitrogens is 2. The van der Waals surface area contributed by atoms with Crippen molar-refractivity contribution >= 4 is 5.82 Å². The van der Waals surface area contributed by atoms with Crippen LogP contribution in [-0.2, 0) is 13.5 Å². The first-order chi connectivity index (χ1) is 8.95. The lowest BCUT2D eigenvalue weighted by molar-refractivity contribution is 0.293. The van der Waals surface area contributed by atoms with E-state index in [1.165, 1.54) is 17.8 Å². The van der Waals surface area contributed by atoms with Gasteiger partial charge in [-0.1, -0.05) is 13.8 Å². The summed E-state index contributed by atoms with van der Waals surface area (Å²) in [4.78, 5) is 2.55. The Balaban J connectivity index is 2.39. The van der Waals surface area contributed by atoms with E-state index in [1.807, 2.05) is 4.68 Å². The molecule has 1 saturated heterocycles. The molecular weight excluding hydrogens is 236 g/mol. The topological polar surface area (TPSA) is 47.1 Å². The van der Waals surface area contributed by atoms with Gasteiger partial charge in [-0.25, -0.2) is 0 Å². The predicted molar refractivity (Wildman–Crippen MR) is 80.5 cm³/mol. The minimum absolute atomic E-state index is 0.572. The zero-order chi connectivity index (χ0) is 14.2. The zero-order valence-corrected chi connectivity index (χ0v) is 13.0. The van der Waals surface area contributed by atoms with Crippen LogP contribution in [0.25, 0.3) is 0 Å². The molecule has 0 bridgehead atoms. The normalized spacial score (nSPS) is 27.9. The Kier molecular flexibility index (Phi) is 4.19. The Morgan fingerprint density at radius 1 is 1.32 bits per heavy atom. The van der Waals surface area contributed by atoms with Gasteiger partial charge in [-0.2, -0.15) is 5.10 Å². The lowest BCUT2D eigenvalue weighted by atomic mass is 9.85. The molecule has 3 unspecified atom stereocenters. The molecule has 1 fully saturated rings. The summed E-state index contributed by atoms with van der Waals surface area (Å²) in [6, 6.07) is 0.572. The second kappa shape index (κ2) is 5.53. The quantitative estimate of drug-likeness (QED) is 0.909. The molecule has 1 aliphatic rings. The van der Waals surface area contributed by atoms with Gasteiger partial charge >= 0.3 is 0 Å². The van der Waals surface area contributed by atoms with Gasteiger partial charge in [0, 0.05) is 25.2 Å². The van der Waals surface area contributed by atoms with Crippen molar-refractivity contribution in [2.45, 2.75) is 46.6 Å². The Morgan fingerprint density at radius 3 is 2.63 bits per heavy atom. The number of piperidine rings is 1. The highest BCUT2D eigenvalue weighted by Gasteiger charge is 2.32. The van der Waals surface area contributed by atoms with Crippen LogP contribution >= 0.6 is 0 Å². The maximum atomic E-state index is 5.77. The zero-order valence-electron chi connectivity index (χ0n) is 13.0. The van der Waals surface area contributed by atoms with Crippen LogP contribution in [0.1, 0.15) is 38.4 Å². The summed E-state index contributed by atoms with van der Waals surface area (Å²) in [5.74, 6) is 2.76. The summed E-state index contributed by atoms with van der Waals surface area (Å²) in [6.45, 7) is 11.0. The summed E-state index contributed by atoms with van der Waals surface area (Å²) in [7, 11) is 2.05. The van der Waals surface area contributed by atoms with Crippen molar-refractivity contribution in [3.8, 4) is 0 Å². The van der Waals surface area contributed by atoms with Crippen LogP contribution in [0.4, 0.5) is 5.82 Å². The fourth-order valence-electron chi connectivity index (χ4n) is 3.48. The molecule has 0 aromatic carbocycles. The first-order valence-corrected chi connectivity index (χ1v) is 7.44. The molecule has 1 aromatic heterocycles. The highest BCUT2D eigenvalue weighted by molar-refractivity contribution is 5.51. The maximum absolute atomic E-state index is 5.77. The molecule has 0 saturated carbocycles. The molecule has 2 rings (SSSR count). The van der Waals surface area contributed by atoms with Crippen molar-refractivity contribution in [3.05, 3.63) is 11.3 Å². The van der Waals surface area contributed by atoms with Crippen molar-refractivity contribution in [1.82, 2.24) is 9.78 Å². The number of nitrogens with two attached hydrogens (primary N) is 1. The highest BCUT2D eigenvalue weighted by Crippen LogP contribution is 2.34. The molecule has 3 atom stereocenters. The number of hydrogen-bond donors (Lipinski definition) is 1. The average Bonchev–Trinajstić information content (AvgIpc) is 2.60. The van der Waals surface area contributed by atoms with Gasteiger partial charge in [0.2, 0.25) is 0 Å². The summed E-state index contributed by atoms with van der Waals surface area (Å²) in [5, 5.41) is 4.61. The smallest absolute Gasteiger partial charge is 0.130 e. The third kappa shape index (κ3) is 2.64. The van der Waals surface area contributed by atoms with Crippen LogP contribution in [0.15, 0.2) is 0 Å². The van der Waals surface area contributed by atoms with E-state index >= 15 is 0 Å². The van der Waals surface area contributed by atoms with Gasteiger partial charge in [0.05, 0.1) is 5.69 Å². The minimum atomic E-state index is 0.572. The first kappa shape index (κ1) is 14.4. The van der Waals surface area contributed by atoms with Crippen LogP contribution in [-0.4, -0.2) is 28.9 Å². The van der Waals surface area contributed by atoms with Crippen LogP contribution < -0.4 is 10.6 Å². The molecule has 19 heavy (non-hydrogen) atoms. The Bertz CT molecular complexity index is 438. The molecule has 108 valence electrons. The SMILES string of the molecule is Cc1nn(C)c(N2CC(C)CC(C)C2C)c1CCN. The molecule has 0 radical (unpaired) electrons. The van der Waals surface area contributed by atoms with Crippen molar-refractivity contribution in [2.75, 3.05) is 18.0 Å². The number of anilines is 1. The first-order valence-electron chi connectivity index (χ1n) is 7.44. The van der Waals surface area contributed by atoms with Crippen LogP contribution in [0.3, 0.4) is 0 Å². The summed E-state index contributed by atoms with van der Waals surface area (Å²) in [5.41, 5.74) is 8.23. The van der Waals surface area contributed by atoms with Crippen molar-refractivity contribution in [1.29, 1.82) is 0 Å². The third-order valence-corrected chi connectivity index (χ3v) is 4.58. The minimum Gasteiger partial charge on any atom is -0.353 e. The lowest BCUT2D eigenvalue weighted by Gasteiger charge is -2.42. The second-order valence-electron chi connectivity index (χ2n) is 6.26. The van der Waals surface area contributed by atoms with E-state index in [1.54, 1.807) is 0 Å². The monoisotopic (exact) mass is 264 g/mol. The molecule has 1 aliphatic heterocycles. The van der Waals surface area contributed by atoms with E-state index in [4.69, 9.17) is 5.73 Å². The Labute approximate surface area is 117 Å². The maximum Gasteiger partial charge on any atom is 0.130 e. The Hall–Kier alpha value is -1.03. The van der Waals surface area contributed by atoms with Gasteiger partial charge < -0.3 is 10.6 Å². The molecule has 2 N–H and O–H groups in total. The van der Waals surface area contributed by atoms with Crippen molar-refractivity contribution in [3.63, 3.8) is 0 Å². The molecule has 0 aliphatic carbocycles. The van der Waals surface area contributed by atoms with E-state index in [0.717, 1.165) is 30.5 Å². The van der Waals surface area contributed by atoms with Crippen molar-refractivity contribution in [2.24, 2.45) is 24.6 Å². The van der Waals surface area contributed by atoms with E-state index in [-0.39, 0.29) is 0 Å².